The summed E-state index contributed by atoms with van der Waals surface area (Å²) in [5.74, 6) is 0.526. The van der Waals surface area contributed by atoms with E-state index in [9.17, 15) is 24.8 Å². The Kier molecular flexibility index (Phi) is 8.49. The summed E-state index contributed by atoms with van der Waals surface area (Å²) < 4.78 is 17.9. The first-order chi connectivity index (χ1) is 24.0. The van der Waals surface area contributed by atoms with Crippen LogP contribution in [0.2, 0.25) is 18.6 Å². The van der Waals surface area contributed by atoms with Gasteiger partial charge in [0.1, 0.15) is 11.5 Å². The SMILES string of the molecule is COc1ccc([Si](C)(C)[C@@H]2[C@@H](CCO)O[C@]3(C(=O)N(Cc4ccc(N5C(=O)COc6ccccc65)cc4)c4ccc([N+](=O)[O-])cc43)[C@H]2C)cc1. The highest BCUT2D eigenvalue weighted by Crippen LogP contribution is 2.60. The fraction of sp³-hybridized carbons (Fsp3) is 0.316. The second-order valence-corrected chi connectivity index (χ2v) is 18.4. The number of benzene rings is 4. The molecule has 3 aliphatic heterocycles. The summed E-state index contributed by atoms with van der Waals surface area (Å²) in [6.07, 6.45) is -0.130. The van der Waals surface area contributed by atoms with Crippen LogP contribution in [-0.4, -0.2) is 56.3 Å². The maximum absolute atomic E-state index is 14.9. The van der Waals surface area contributed by atoms with E-state index in [-0.39, 0.29) is 48.7 Å². The molecule has 0 bridgehead atoms. The molecule has 3 aliphatic rings. The monoisotopic (exact) mass is 693 g/mol. The first kappa shape index (κ1) is 33.5. The third-order valence-corrected chi connectivity index (χ3v) is 15.0. The Morgan fingerprint density at radius 2 is 1.72 bits per heavy atom. The number of amides is 2. The van der Waals surface area contributed by atoms with Crippen molar-refractivity contribution in [3.8, 4) is 11.5 Å². The van der Waals surface area contributed by atoms with Gasteiger partial charge in [-0.05, 0) is 60.0 Å². The molecule has 4 atom stereocenters. The average Bonchev–Trinajstić information content (AvgIpc) is 3.54. The number of hydrogen-bond acceptors (Lipinski definition) is 8. The van der Waals surface area contributed by atoms with Gasteiger partial charge < -0.3 is 24.2 Å². The van der Waals surface area contributed by atoms with Crippen LogP contribution in [0.1, 0.15) is 24.5 Å². The van der Waals surface area contributed by atoms with Crippen LogP contribution in [0.5, 0.6) is 11.5 Å². The lowest BCUT2D eigenvalue weighted by molar-refractivity contribution is -0.385. The normalized spacial score (nSPS) is 22.8. The number of nitrogens with zero attached hydrogens (tertiary/aromatic N) is 3. The van der Waals surface area contributed by atoms with Crippen LogP contribution in [0.25, 0.3) is 0 Å². The van der Waals surface area contributed by atoms with E-state index in [2.05, 4.69) is 25.2 Å². The molecule has 4 aromatic carbocycles. The minimum atomic E-state index is -2.41. The smallest absolute Gasteiger partial charge is 0.269 e. The molecule has 0 unspecified atom stereocenters. The van der Waals surface area contributed by atoms with Crippen molar-refractivity contribution in [1.82, 2.24) is 0 Å². The fourth-order valence-corrected chi connectivity index (χ4v) is 12.3. The highest BCUT2D eigenvalue weighted by molar-refractivity contribution is 6.91. The molecule has 2 amide bonds. The van der Waals surface area contributed by atoms with Crippen LogP contribution in [0.4, 0.5) is 22.7 Å². The van der Waals surface area contributed by atoms with Gasteiger partial charge in [-0.25, -0.2) is 0 Å². The molecule has 1 N–H and O–H groups in total. The molecule has 11 nitrogen and oxygen atoms in total. The molecule has 0 saturated carbocycles. The lowest BCUT2D eigenvalue weighted by atomic mass is 9.82. The van der Waals surface area contributed by atoms with E-state index in [0.29, 0.717) is 34.8 Å². The number of carbonyl (C=O) groups excluding carboxylic acids is 2. The second-order valence-electron chi connectivity index (χ2n) is 13.7. The highest BCUT2D eigenvalue weighted by atomic mass is 28.3. The molecular formula is C38H39N3O8Si. The molecule has 4 aromatic rings. The number of nitro groups is 1. The van der Waals surface area contributed by atoms with Crippen LogP contribution in [0, 0.1) is 16.0 Å². The Labute approximate surface area is 291 Å². The lowest BCUT2D eigenvalue weighted by Crippen LogP contribution is -2.51. The first-order valence-electron chi connectivity index (χ1n) is 16.7. The van der Waals surface area contributed by atoms with E-state index in [1.54, 1.807) is 23.0 Å². The van der Waals surface area contributed by atoms with Gasteiger partial charge in [-0.3, -0.25) is 24.6 Å². The molecule has 50 heavy (non-hydrogen) atoms. The maximum atomic E-state index is 14.9. The number of fused-ring (bicyclic) bond motifs is 3. The fourth-order valence-electron chi connectivity index (χ4n) is 8.29. The zero-order valence-electron chi connectivity index (χ0n) is 28.4. The van der Waals surface area contributed by atoms with E-state index in [0.717, 1.165) is 16.5 Å². The van der Waals surface area contributed by atoms with Gasteiger partial charge in [0.05, 0.1) is 44.1 Å². The van der Waals surface area contributed by atoms with E-state index >= 15 is 0 Å². The van der Waals surface area contributed by atoms with Crippen molar-refractivity contribution in [2.75, 3.05) is 30.1 Å². The van der Waals surface area contributed by atoms with Gasteiger partial charge in [0.2, 0.25) is 0 Å². The Morgan fingerprint density at radius 1 is 1.00 bits per heavy atom. The number of anilines is 3. The van der Waals surface area contributed by atoms with Crippen LogP contribution in [0.3, 0.4) is 0 Å². The van der Waals surface area contributed by atoms with Gasteiger partial charge in [-0.2, -0.15) is 0 Å². The molecule has 1 spiro atoms. The molecule has 3 heterocycles. The topological polar surface area (TPSA) is 132 Å². The molecule has 1 saturated heterocycles. The van der Waals surface area contributed by atoms with Crippen molar-refractivity contribution in [2.45, 2.75) is 50.2 Å². The second kappa shape index (κ2) is 12.7. The van der Waals surface area contributed by atoms with Gasteiger partial charge >= 0.3 is 0 Å². The minimum Gasteiger partial charge on any atom is -0.497 e. The Hall–Kier alpha value is -5.04. The summed E-state index contributed by atoms with van der Waals surface area (Å²) in [4.78, 5) is 42.7. The number of para-hydroxylation sites is 2. The average molecular weight is 694 g/mol. The summed E-state index contributed by atoms with van der Waals surface area (Å²) in [6, 6.07) is 27.3. The molecule has 258 valence electrons. The van der Waals surface area contributed by atoms with Crippen molar-refractivity contribution in [3.63, 3.8) is 0 Å². The number of aliphatic hydroxyl groups is 1. The van der Waals surface area contributed by atoms with Crippen molar-refractivity contribution in [1.29, 1.82) is 0 Å². The van der Waals surface area contributed by atoms with Crippen molar-refractivity contribution in [2.24, 2.45) is 5.92 Å². The van der Waals surface area contributed by atoms with Crippen LogP contribution < -0.4 is 24.5 Å². The number of rotatable bonds is 9. The molecule has 0 aliphatic carbocycles. The van der Waals surface area contributed by atoms with Crippen LogP contribution in [0.15, 0.2) is 91.0 Å². The largest absolute Gasteiger partial charge is 0.497 e. The lowest BCUT2D eigenvalue weighted by Gasteiger charge is -2.37. The van der Waals surface area contributed by atoms with Gasteiger partial charge in [0.15, 0.2) is 12.2 Å². The summed E-state index contributed by atoms with van der Waals surface area (Å²) in [5, 5.41) is 23.4. The van der Waals surface area contributed by atoms with Crippen LogP contribution >= 0.6 is 0 Å². The summed E-state index contributed by atoms with van der Waals surface area (Å²) in [6.45, 7) is 6.49. The third kappa shape index (κ3) is 5.26. The molecule has 7 rings (SSSR count). The van der Waals surface area contributed by atoms with Gasteiger partial charge in [-0.15, -0.1) is 0 Å². The van der Waals surface area contributed by atoms with Gasteiger partial charge in [0.25, 0.3) is 17.5 Å². The number of hydrogen-bond donors (Lipinski definition) is 1. The molecule has 12 heteroatoms. The quantitative estimate of drug-likeness (QED) is 0.132. The van der Waals surface area contributed by atoms with Crippen LogP contribution in [-0.2, 0) is 26.5 Å². The molecule has 0 radical (unpaired) electrons. The van der Waals surface area contributed by atoms with Gasteiger partial charge in [0, 0.05) is 35.9 Å². The van der Waals surface area contributed by atoms with Crippen molar-refractivity contribution >= 4 is 47.8 Å². The number of carbonyl (C=O) groups is 2. The van der Waals surface area contributed by atoms with E-state index in [1.807, 2.05) is 67.6 Å². The molecule has 1 fully saturated rings. The molecule has 0 aromatic heterocycles. The maximum Gasteiger partial charge on any atom is 0.269 e. The predicted octanol–water partition coefficient (Wildman–Crippen LogP) is 5.81. The third-order valence-electron chi connectivity index (χ3n) is 10.7. The highest BCUT2D eigenvalue weighted by Gasteiger charge is 2.66. The summed E-state index contributed by atoms with van der Waals surface area (Å²) in [5.41, 5.74) is 1.45. The van der Waals surface area contributed by atoms with Crippen molar-refractivity contribution < 1.29 is 33.8 Å². The Morgan fingerprint density at radius 3 is 2.40 bits per heavy atom. The van der Waals surface area contributed by atoms with E-state index in [4.69, 9.17) is 14.2 Å². The number of ether oxygens (including phenoxy) is 3. The Bertz CT molecular complexity index is 1970. The minimum absolute atomic E-state index is 0.0688. The predicted molar refractivity (Wildman–Crippen MR) is 191 cm³/mol. The van der Waals surface area contributed by atoms with Crippen molar-refractivity contribution in [3.05, 3.63) is 112 Å². The zero-order valence-corrected chi connectivity index (χ0v) is 29.4. The zero-order chi connectivity index (χ0) is 35.4. The Balaban J connectivity index is 1.26. The summed E-state index contributed by atoms with van der Waals surface area (Å²) in [7, 11) is -0.789. The molecular weight excluding hydrogens is 655 g/mol. The number of non-ortho nitro benzene ring substituents is 1. The standard InChI is InChI=1S/C38H39N3O8Si/c1-24-36(50(3,4)29-16-14-28(47-2)15-17-29)34(19-20-42)49-38(24)30-21-27(41(45)46)13-18-31(30)39(37(38)44)22-25-9-11-26(12-10-25)40-32-7-5-6-8-33(32)48-23-35(40)43/h5-18,21,24,34,36,42H,19-20,22-23H2,1-4H3/t24-,34+,36-,38+/m0/s1. The van der Waals surface area contributed by atoms with Gasteiger partial charge in [-0.1, -0.05) is 61.6 Å². The van der Waals surface area contributed by atoms with E-state index < -0.39 is 24.7 Å². The number of nitro benzene ring substituents is 1. The number of aliphatic hydroxyl groups excluding tert-OH is 1. The number of methoxy groups -OCH3 is 1. The summed E-state index contributed by atoms with van der Waals surface area (Å²) >= 11 is 0. The first-order valence-corrected chi connectivity index (χ1v) is 19.8. The van der Waals surface area contributed by atoms with E-state index in [1.165, 1.54) is 12.1 Å².